The molecular weight excluding hydrogens is 210 g/mol. The molecule has 2 heterocycles. The van der Waals surface area contributed by atoms with Gasteiger partial charge in [0.15, 0.2) is 0 Å². The molecule has 0 spiro atoms. The van der Waals surface area contributed by atoms with Gasteiger partial charge in [0, 0.05) is 0 Å². The summed E-state index contributed by atoms with van der Waals surface area (Å²) in [6, 6.07) is 0. The maximum Gasteiger partial charge on any atom is 0.0581 e. The topological polar surface area (TPSA) is 21.3 Å². The van der Waals surface area contributed by atoms with Gasteiger partial charge in [0.1, 0.15) is 0 Å². The molecule has 2 heteroatoms. The number of ether oxygens (including phenoxy) is 1. The van der Waals surface area contributed by atoms with Crippen molar-refractivity contribution in [2.24, 2.45) is 23.7 Å². The molecule has 0 radical (unpaired) electrons. The first-order valence-corrected chi connectivity index (χ1v) is 7.49. The lowest BCUT2D eigenvalue weighted by molar-refractivity contribution is 0.0745. The van der Waals surface area contributed by atoms with Gasteiger partial charge in [-0.25, -0.2) is 0 Å². The monoisotopic (exact) mass is 239 g/mol. The molecule has 17 heavy (non-hydrogen) atoms. The molecular formula is C15H29NO. The molecule has 3 unspecified atom stereocenters. The summed E-state index contributed by atoms with van der Waals surface area (Å²) in [7, 11) is 0. The van der Waals surface area contributed by atoms with Crippen LogP contribution in [0.25, 0.3) is 0 Å². The molecule has 2 rings (SSSR count). The molecule has 2 aliphatic rings. The van der Waals surface area contributed by atoms with Gasteiger partial charge >= 0.3 is 0 Å². The first kappa shape index (κ1) is 13.4. The quantitative estimate of drug-likeness (QED) is 0.814. The van der Waals surface area contributed by atoms with Crippen LogP contribution in [0.1, 0.15) is 46.5 Å². The second-order valence-corrected chi connectivity index (χ2v) is 6.50. The van der Waals surface area contributed by atoms with E-state index in [0.717, 1.165) is 30.3 Å². The molecule has 2 aliphatic heterocycles. The summed E-state index contributed by atoms with van der Waals surface area (Å²) in [5.74, 6) is 3.36. The highest BCUT2D eigenvalue weighted by molar-refractivity contribution is 4.80. The van der Waals surface area contributed by atoms with Gasteiger partial charge in [0.2, 0.25) is 0 Å². The molecule has 100 valence electrons. The van der Waals surface area contributed by atoms with E-state index >= 15 is 0 Å². The molecule has 2 nitrogen and oxygen atoms in total. The zero-order chi connectivity index (χ0) is 12.3. The Kier molecular flexibility index (Phi) is 4.87. The molecule has 0 aliphatic carbocycles. The molecule has 0 aromatic heterocycles. The third kappa shape index (κ3) is 3.69. The van der Waals surface area contributed by atoms with Crippen LogP contribution in [0.2, 0.25) is 0 Å². The van der Waals surface area contributed by atoms with Crippen LogP contribution in [-0.4, -0.2) is 25.8 Å². The van der Waals surface area contributed by atoms with Crippen LogP contribution in [0.5, 0.6) is 0 Å². The van der Waals surface area contributed by atoms with E-state index in [2.05, 4.69) is 26.1 Å². The molecule has 2 fully saturated rings. The minimum Gasteiger partial charge on any atom is -0.378 e. The summed E-state index contributed by atoms with van der Waals surface area (Å²) >= 11 is 0. The molecule has 0 saturated carbocycles. The Morgan fingerprint density at radius 1 is 1.12 bits per heavy atom. The molecule has 2 saturated heterocycles. The minimum atomic E-state index is 0.548. The summed E-state index contributed by atoms with van der Waals surface area (Å²) in [6.45, 7) is 10.5. The van der Waals surface area contributed by atoms with Crippen LogP contribution in [0, 0.1) is 23.7 Å². The van der Waals surface area contributed by atoms with Crippen LogP contribution in [0.15, 0.2) is 0 Å². The second-order valence-electron chi connectivity index (χ2n) is 6.50. The Morgan fingerprint density at radius 2 is 1.82 bits per heavy atom. The highest BCUT2D eigenvalue weighted by Gasteiger charge is 2.30. The van der Waals surface area contributed by atoms with E-state index in [1.807, 2.05) is 0 Å². The summed E-state index contributed by atoms with van der Waals surface area (Å²) in [5.41, 5.74) is 0. The molecule has 0 aromatic rings. The van der Waals surface area contributed by atoms with Crippen molar-refractivity contribution in [3.63, 3.8) is 0 Å². The number of hydrogen-bond donors (Lipinski definition) is 1. The van der Waals surface area contributed by atoms with Gasteiger partial charge in [0.05, 0.1) is 12.7 Å². The van der Waals surface area contributed by atoms with E-state index in [1.165, 1.54) is 38.8 Å². The maximum absolute atomic E-state index is 5.97. The predicted molar refractivity (Wildman–Crippen MR) is 72.1 cm³/mol. The number of hydrogen-bond acceptors (Lipinski definition) is 2. The van der Waals surface area contributed by atoms with Crippen LogP contribution in [0.3, 0.4) is 0 Å². The van der Waals surface area contributed by atoms with E-state index in [4.69, 9.17) is 4.74 Å². The smallest absolute Gasteiger partial charge is 0.0581 e. The number of rotatable bonds is 4. The summed E-state index contributed by atoms with van der Waals surface area (Å²) in [5, 5.41) is 3.45. The van der Waals surface area contributed by atoms with Crippen LogP contribution >= 0.6 is 0 Å². The van der Waals surface area contributed by atoms with Crippen LogP contribution < -0.4 is 5.32 Å². The van der Waals surface area contributed by atoms with Crippen molar-refractivity contribution in [2.75, 3.05) is 19.7 Å². The summed E-state index contributed by atoms with van der Waals surface area (Å²) in [6.07, 6.45) is 5.86. The normalized spacial score (nSPS) is 33.2. The molecule has 0 amide bonds. The summed E-state index contributed by atoms with van der Waals surface area (Å²) in [4.78, 5) is 0. The third-order valence-corrected chi connectivity index (χ3v) is 4.88. The minimum absolute atomic E-state index is 0.548. The van der Waals surface area contributed by atoms with Crippen LogP contribution in [0.4, 0.5) is 0 Å². The predicted octanol–water partition coefficient (Wildman–Crippen LogP) is 3.07. The maximum atomic E-state index is 5.97. The zero-order valence-electron chi connectivity index (χ0n) is 11.7. The lowest BCUT2D eigenvalue weighted by atomic mass is 9.81. The van der Waals surface area contributed by atoms with Crippen molar-refractivity contribution in [2.45, 2.75) is 52.6 Å². The molecule has 0 aromatic carbocycles. The Labute approximate surface area is 107 Å². The first-order valence-electron chi connectivity index (χ1n) is 7.49. The van der Waals surface area contributed by atoms with Gasteiger partial charge in [-0.1, -0.05) is 20.8 Å². The van der Waals surface area contributed by atoms with Gasteiger partial charge in [-0.05, 0) is 62.4 Å². The lowest BCUT2D eigenvalue weighted by Crippen LogP contribution is -2.32. The van der Waals surface area contributed by atoms with E-state index < -0.39 is 0 Å². The first-order chi connectivity index (χ1) is 8.16. The van der Waals surface area contributed by atoms with Gasteiger partial charge < -0.3 is 10.1 Å². The highest BCUT2D eigenvalue weighted by atomic mass is 16.5. The number of nitrogens with one attached hydrogen (secondary N) is 1. The largest absolute Gasteiger partial charge is 0.378 e. The van der Waals surface area contributed by atoms with Crippen molar-refractivity contribution >= 4 is 0 Å². The van der Waals surface area contributed by atoms with Crippen molar-refractivity contribution in [1.29, 1.82) is 0 Å². The van der Waals surface area contributed by atoms with E-state index in [1.54, 1.807) is 0 Å². The fraction of sp³-hybridized carbons (Fsp3) is 1.00. The number of piperidine rings is 1. The standard InChI is InChI=1S/C15H29NO/c1-11(2)14-9-15(17-10-14)8-12(3)13-4-6-16-7-5-13/h11-16H,4-10H2,1-3H3. The summed E-state index contributed by atoms with van der Waals surface area (Å²) < 4.78 is 5.97. The van der Waals surface area contributed by atoms with Crippen molar-refractivity contribution in [3.8, 4) is 0 Å². The van der Waals surface area contributed by atoms with Crippen LogP contribution in [-0.2, 0) is 4.74 Å². The van der Waals surface area contributed by atoms with Gasteiger partial charge in [-0.3, -0.25) is 0 Å². The Hall–Kier alpha value is -0.0800. The fourth-order valence-electron chi connectivity index (χ4n) is 3.38. The van der Waals surface area contributed by atoms with Crippen molar-refractivity contribution in [3.05, 3.63) is 0 Å². The average Bonchev–Trinajstić information content (AvgIpc) is 2.79. The average molecular weight is 239 g/mol. The third-order valence-electron chi connectivity index (χ3n) is 4.88. The molecule has 3 atom stereocenters. The molecule has 0 bridgehead atoms. The lowest BCUT2D eigenvalue weighted by Gasteiger charge is -2.29. The van der Waals surface area contributed by atoms with Crippen molar-refractivity contribution in [1.82, 2.24) is 5.32 Å². The SMILES string of the molecule is CC(C)C1COC(CC(C)C2CCNCC2)C1. The van der Waals surface area contributed by atoms with Crippen molar-refractivity contribution < 1.29 is 4.74 Å². The second kappa shape index (κ2) is 6.19. The Bertz CT molecular complexity index is 223. The van der Waals surface area contributed by atoms with Gasteiger partial charge in [-0.15, -0.1) is 0 Å². The molecule has 1 N–H and O–H groups in total. The fourth-order valence-corrected chi connectivity index (χ4v) is 3.38. The van der Waals surface area contributed by atoms with Gasteiger partial charge in [-0.2, -0.15) is 0 Å². The highest BCUT2D eigenvalue weighted by Crippen LogP contribution is 2.33. The Balaban J connectivity index is 1.73. The van der Waals surface area contributed by atoms with E-state index in [9.17, 15) is 0 Å². The van der Waals surface area contributed by atoms with E-state index in [-0.39, 0.29) is 0 Å². The van der Waals surface area contributed by atoms with E-state index in [0.29, 0.717) is 6.10 Å². The Morgan fingerprint density at radius 3 is 2.41 bits per heavy atom. The zero-order valence-corrected chi connectivity index (χ0v) is 11.7. The van der Waals surface area contributed by atoms with Gasteiger partial charge in [0.25, 0.3) is 0 Å².